The first-order valence-corrected chi connectivity index (χ1v) is 8.02. The molecule has 0 N–H and O–H groups in total. The molecule has 0 atom stereocenters. The van der Waals surface area contributed by atoms with E-state index in [1.165, 1.54) is 18.0 Å². The number of hydrogen-bond donors (Lipinski definition) is 0. The molecule has 0 unspecified atom stereocenters. The summed E-state index contributed by atoms with van der Waals surface area (Å²) in [5.74, 6) is -0.0285. The molecule has 2 amide bonds. The molecule has 6 nitrogen and oxygen atoms in total. The van der Waals surface area contributed by atoms with Gasteiger partial charge >= 0.3 is 0 Å². The van der Waals surface area contributed by atoms with Crippen LogP contribution in [0.3, 0.4) is 0 Å². The van der Waals surface area contributed by atoms with Gasteiger partial charge in [0.1, 0.15) is 5.69 Å². The zero-order chi connectivity index (χ0) is 16.9. The Balaban J connectivity index is 1.54. The lowest BCUT2D eigenvalue weighted by molar-refractivity contribution is -0.131. The molecule has 0 saturated carbocycles. The van der Waals surface area contributed by atoms with Crippen molar-refractivity contribution >= 4 is 11.8 Å². The average molecular weight is 324 g/mol. The van der Waals surface area contributed by atoms with Crippen molar-refractivity contribution < 1.29 is 9.59 Å². The molecule has 1 aromatic carbocycles. The average Bonchev–Trinajstić information content (AvgIpc) is 2.64. The molecule has 1 aliphatic rings. The second kappa shape index (κ2) is 7.21. The van der Waals surface area contributed by atoms with Gasteiger partial charge in [-0.25, -0.2) is 4.98 Å². The van der Waals surface area contributed by atoms with E-state index in [0.717, 1.165) is 5.56 Å². The Morgan fingerprint density at radius 3 is 2.29 bits per heavy atom. The smallest absolute Gasteiger partial charge is 0.274 e. The number of rotatable bonds is 3. The van der Waals surface area contributed by atoms with Gasteiger partial charge < -0.3 is 9.80 Å². The molecule has 1 fully saturated rings. The van der Waals surface area contributed by atoms with Crippen molar-refractivity contribution in [3.8, 4) is 0 Å². The first-order chi connectivity index (χ1) is 11.6. The molecule has 3 rings (SSSR count). The zero-order valence-corrected chi connectivity index (χ0v) is 13.7. The fourth-order valence-electron chi connectivity index (χ4n) is 2.72. The van der Waals surface area contributed by atoms with Crippen molar-refractivity contribution in [2.75, 3.05) is 26.2 Å². The Hall–Kier alpha value is -2.76. The second-order valence-corrected chi connectivity index (χ2v) is 5.93. The van der Waals surface area contributed by atoms with Gasteiger partial charge in [0.15, 0.2) is 0 Å². The van der Waals surface area contributed by atoms with Crippen molar-refractivity contribution in [3.63, 3.8) is 0 Å². The van der Waals surface area contributed by atoms with Crippen molar-refractivity contribution in [1.29, 1.82) is 0 Å². The predicted octanol–water partition coefficient (Wildman–Crippen LogP) is 1.31. The zero-order valence-electron chi connectivity index (χ0n) is 13.7. The van der Waals surface area contributed by atoms with Crippen molar-refractivity contribution in [2.45, 2.75) is 13.3 Å². The van der Waals surface area contributed by atoms with E-state index in [1.54, 1.807) is 11.1 Å². The monoisotopic (exact) mass is 324 g/mol. The number of aromatic nitrogens is 2. The molecular formula is C18H20N4O2. The standard InChI is InChI=1S/C18H20N4O2/c1-14-2-4-15(5-3-14)12-17(23)21-8-10-22(11-9-21)18(24)16-13-19-6-7-20-16/h2-7,13H,8-12H2,1H3. The number of piperazine rings is 1. The summed E-state index contributed by atoms with van der Waals surface area (Å²) in [7, 11) is 0. The minimum absolute atomic E-state index is 0.102. The lowest BCUT2D eigenvalue weighted by Gasteiger charge is -2.34. The van der Waals surface area contributed by atoms with Crippen molar-refractivity contribution in [3.05, 3.63) is 59.7 Å². The Bertz CT molecular complexity index is 708. The van der Waals surface area contributed by atoms with E-state index >= 15 is 0 Å². The highest BCUT2D eigenvalue weighted by molar-refractivity contribution is 5.92. The third-order valence-electron chi connectivity index (χ3n) is 4.18. The van der Waals surface area contributed by atoms with Crippen LogP contribution in [0, 0.1) is 6.92 Å². The molecule has 2 heterocycles. The number of carbonyl (C=O) groups is 2. The summed E-state index contributed by atoms with van der Waals surface area (Å²) in [6.45, 7) is 4.18. The molecule has 6 heteroatoms. The Morgan fingerprint density at radius 1 is 1.00 bits per heavy atom. The molecule has 0 aliphatic carbocycles. The number of carbonyl (C=O) groups excluding carboxylic acids is 2. The van der Waals surface area contributed by atoms with E-state index in [-0.39, 0.29) is 11.8 Å². The van der Waals surface area contributed by atoms with Gasteiger partial charge in [-0.3, -0.25) is 14.6 Å². The predicted molar refractivity (Wildman–Crippen MR) is 89.4 cm³/mol. The molecule has 0 bridgehead atoms. The van der Waals surface area contributed by atoms with Crippen LogP contribution in [-0.2, 0) is 11.2 Å². The third-order valence-corrected chi connectivity index (χ3v) is 4.18. The lowest BCUT2D eigenvalue weighted by atomic mass is 10.1. The van der Waals surface area contributed by atoms with Crippen LogP contribution in [0.4, 0.5) is 0 Å². The quantitative estimate of drug-likeness (QED) is 0.854. The van der Waals surface area contributed by atoms with E-state index in [2.05, 4.69) is 9.97 Å². The molecule has 0 spiro atoms. The SMILES string of the molecule is Cc1ccc(CC(=O)N2CCN(C(=O)c3cnccn3)CC2)cc1. The molecule has 1 aliphatic heterocycles. The molecular weight excluding hydrogens is 304 g/mol. The van der Waals surface area contributed by atoms with Gasteiger partial charge in [0.25, 0.3) is 5.91 Å². The summed E-state index contributed by atoms with van der Waals surface area (Å²) in [5, 5.41) is 0. The minimum Gasteiger partial charge on any atom is -0.339 e. The summed E-state index contributed by atoms with van der Waals surface area (Å²) >= 11 is 0. The molecule has 0 radical (unpaired) electrons. The fraction of sp³-hybridized carbons (Fsp3) is 0.333. The van der Waals surface area contributed by atoms with Gasteiger partial charge in [-0.2, -0.15) is 0 Å². The summed E-state index contributed by atoms with van der Waals surface area (Å²) in [5.41, 5.74) is 2.54. The van der Waals surface area contributed by atoms with Gasteiger partial charge in [0.05, 0.1) is 12.6 Å². The topological polar surface area (TPSA) is 66.4 Å². The van der Waals surface area contributed by atoms with Crippen LogP contribution in [0.5, 0.6) is 0 Å². The summed E-state index contributed by atoms with van der Waals surface area (Å²) < 4.78 is 0. The maximum atomic E-state index is 12.4. The summed E-state index contributed by atoms with van der Waals surface area (Å²) in [6, 6.07) is 8.00. The Kier molecular flexibility index (Phi) is 4.84. The first-order valence-electron chi connectivity index (χ1n) is 8.02. The van der Waals surface area contributed by atoms with Gasteiger partial charge in [-0.15, -0.1) is 0 Å². The molecule has 24 heavy (non-hydrogen) atoms. The maximum absolute atomic E-state index is 12.4. The van der Waals surface area contributed by atoms with Crippen LogP contribution in [0.2, 0.25) is 0 Å². The van der Waals surface area contributed by atoms with Crippen molar-refractivity contribution in [1.82, 2.24) is 19.8 Å². The first kappa shape index (κ1) is 16.1. The Labute approximate surface area is 141 Å². The van der Waals surface area contributed by atoms with Crippen molar-refractivity contribution in [2.24, 2.45) is 0 Å². The number of benzene rings is 1. The van der Waals surface area contributed by atoms with E-state index < -0.39 is 0 Å². The highest BCUT2D eigenvalue weighted by Crippen LogP contribution is 2.10. The molecule has 124 valence electrons. The Morgan fingerprint density at radius 2 is 1.67 bits per heavy atom. The van der Waals surface area contributed by atoms with Crippen LogP contribution in [0.25, 0.3) is 0 Å². The van der Waals surface area contributed by atoms with E-state index in [9.17, 15) is 9.59 Å². The number of nitrogens with zero attached hydrogens (tertiary/aromatic N) is 4. The largest absolute Gasteiger partial charge is 0.339 e. The fourth-order valence-corrected chi connectivity index (χ4v) is 2.72. The minimum atomic E-state index is -0.131. The summed E-state index contributed by atoms with van der Waals surface area (Å²) in [4.78, 5) is 36.2. The second-order valence-electron chi connectivity index (χ2n) is 5.93. The number of amides is 2. The van der Waals surface area contributed by atoms with Crippen LogP contribution in [-0.4, -0.2) is 57.8 Å². The van der Waals surface area contributed by atoms with Crippen LogP contribution in [0.1, 0.15) is 21.6 Å². The molecule has 1 aromatic heterocycles. The van der Waals surface area contributed by atoms with Gasteiger partial charge in [-0.1, -0.05) is 29.8 Å². The third kappa shape index (κ3) is 3.76. The molecule has 2 aromatic rings. The lowest BCUT2D eigenvalue weighted by Crippen LogP contribution is -2.51. The van der Waals surface area contributed by atoms with E-state index in [1.807, 2.05) is 36.1 Å². The van der Waals surface area contributed by atoms with Gasteiger partial charge in [0.2, 0.25) is 5.91 Å². The van der Waals surface area contributed by atoms with Crippen LogP contribution >= 0.6 is 0 Å². The van der Waals surface area contributed by atoms with Gasteiger partial charge in [-0.05, 0) is 12.5 Å². The van der Waals surface area contributed by atoms with Gasteiger partial charge in [0, 0.05) is 38.6 Å². The normalized spacial score (nSPS) is 14.5. The summed E-state index contributed by atoms with van der Waals surface area (Å²) in [6.07, 6.45) is 4.92. The van der Waals surface area contributed by atoms with Crippen LogP contribution in [0.15, 0.2) is 42.9 Å². The number of hydrogen-bond acceptors (Lipinski definition) is 4. The highest BCUT2D eigenvalue weighted by Gasteiger charge is 2.25. The number of aryl methyl sites for hydroxylation is 1. The molecule has 1 saturated heterocycles. The van der Waals surface area contributed by atoms with Crippen LogP contribution < -0.4 is 0 Å². The maximum Gasteiger partial charge on any atom is 0.274 e. The van der Waals surface area contributed by atoms with E-state index in [4.69, 9.17) is 0 Å². The van der Waals surface area contributed by atoms with E-state index in [0.29, 0.717) is 38.3 Å². The highest BCUT2D eigenvalue weighted by atomic mass is 16.2.